The SMILES string of the molecule is COc1cccc(C(=O)NC[C@H]2COc3ccccc3O2)c1. The second-order valence-corrected chi connectivity index (χ2v) is 4.94. The minimum Gasteiger partial charge on any atom is -0.497 e. The fourth-order valence-corrected chi connectivity index (χ4v) is 2.24. The van der Waals surface area contributed by atoms with Crippen molar-refractivity contribution in [3.05, 3.63) is 54.1 Å². The van der Waals surface area contributed by atoms with Crippen molar-refractivity contribution in [3.63, 3.8) is 0 Å². The van der Waals surface area contributed by atoms with Crippen LogP contribution in [-0.4, -0.2) is 32.3 Å². The number of carbonyl (C=O) groups excluding carboxylic acids is 1. The third-order valence-corrected chi connectivity index (χ3v) is 3.39. The van der Waals surface area contributed by atoms with Gasteiger partial charge in [-0.05, 0) is 30.3 Å². The molecule has 5 heteroatoms. The molecule has 1 heterocycles. The molecule has 0 aliphatic carbocycles. The Labute approximate surface area is 128 Å². The third-order valence-electron chi connectivity index (χ3n) is 3.39. The minimum absolute atomic E-state index is 0.165. The summed E-state index contributed by atoms with van der Waals surface area (Å²) in [5.41, 5.74) is 0.552. The van der Waals surface area contributed by atoms with Crippen molar-refractivity contribution in [2.75, 3.05) is 20.3 Å². The largest absolute Gasteiger partial charge is 0.497 e. The number of ether oxygens (including phenoxy) is 3. The van der Waals surface area contributed by atoms with Crippen LogP contribution in [0.4, 0.5) is 0 Å². The van der Waals surface area contributed by atoms with E-state index in [-0.39, 0.29) is 12.0 Å². The molecule has 0 aromatic heterocycles. The number of benzene rings is 2. The monoisotopic (exact) mass is 299 g/mol. The number of amides is 1. The van der Waals surface area contributed by atoms with Gasteiger partial charge in [0.25, 0.3) is 5.91 Å². The van der Waals surface area contributed by atoms with Gasteiger partial charge in [-0.2, -0.15) is 0 Å². The van der Waals surface area contributed by atoms with Gasteiger partial charge in [-0.1, -0.05) is 18.2 Å². The molecule has 1 N–H and O–H groups in total. The second kappa shape index (κ2) is 6.39. The summed E-state index contributed by atoms with van der Waals surface area (Å²) in [5.74, 6) is 1.92. The number of hydrogen-bond acceptors (Lipinski definition) is 4. The highest BCUT2D eigenvalue weighted by Crippen LogP contribution is 2.30. The summed E-state index contributed by atoms with van der Waals surface area (Å²) < 4.78 is 16.5. The van der Waals surface area contributed by atoms with E-state index in [9.17, 15) is 4.79 Å². The number of para-hydroxylation sites is 2. The van der Waals surface area contributed by atoms with Crippen LogP contribution in [0.2, 0.25) is 0 Å². The van der Waals surface area contributed by atoms with E-state index in [1.54, 1.807) is 31.4 Å². The lowest BCUT2D eigenvalue weighted by Gasteiger charge is -2.26. The zero-order chi connectivity index (χ0) is 15.4. The Morgan fingerprint density at radius 1 is 1.23 bits per heavy atom. The summed E-state index contributed by atoms with van der Waals surface area (Å²) >= 11 is 0. The number of hydrogen-bond donors (Lipinski definition) is 1. The maximum absolute atomic E-state index is 12.1. The summed E-state index contributed by atoms with van der Waals surface area (Å²) in [4.78, 5) is 12.1. The summed E-state index contributed by atoms with van der Waals surface area (Å²) in [5, 5.41) is 2.85. The van der Waals surface area contributed by atoms with Crippen molar-refractivity contribution in [1.29, 1.82) is 0 Å². The first-order valence-corrected chi connectivity index (χ1v) is 7.07. The fraction of sp³-hybridized carbons (Fsp3) is 0.235. The van der Waals surface area contributed by atoms with Crippen LogP contribution in [0, 0.1) is 0 Å². The molecule has 3 rings (SSSR count). The highest BCUT2D eigenvalue weighted by atomic mass is 16.6. The number of methoxy groups -OCH3 is 1. The maximum atomic E-state index is 12.1. The Hall–Kier alpha value is -2.69. The van der Waals surface area contributed by atoms with Crippen molar-refractivity contribution in [3.8, 4) is 17.2 Å². The van der Waals surface area contributed by atoms with E-state index in [1.165, 1.54) is 0 Å². The number of fused-ring (bicyclic) bond motifs is 1. The average molecular weight is 299 g/mol. The molecule has 2 aromatic carbocycles. The van der Waals surface area contributed by atoms with Crippen LogP contribution in [0.3, 0.4) is 0 Å². The van der Waals surface area contributed by atoms with E-state index in [0.29, 0.717) is 30.2 Å². The molecule has 0 unspecified atom stereocenters. The van der Waals surface area contributed by atoms with Gasteiger partial charge in [-0.3, -0.25) is 4.79 Å². The van der Waals surface area contributed by atoms with Crippen molar-refractivity contribution >= 4 is 5.91 Å². The summed E-state index contributed by atoms with van der Waals surface area (Å²) in [6.45, 7) is 0.791. The van der Waals surface area contributed by atoms with Gasteiger partial charge in [0.15, 0.2) is 11.5 Å². The van der Waals surface area contributed by atoms with E-state index in [2.05, 4.69) is 5.32 Å². The summed E-state index contributed by atoms with van der Waals surface area (Å²) in [6, 6.07) is 14.5. The molecule has 0 spiro atoms. The van der Waals surface area contributed by atoms with Crippen LogP contribution in [0.1, 0.15) is 10.4 Å². The highest BCUT2D eigenvalue weighted by molar-refractivity contribution is 5.94. The lowest BCUT2D eigenvalue weighted by atomic mass is 10.2. The van der Waals surface area contributed by atoms with E-state index in [4.69, 9.17) is 14.2 Å². The van der Waals surface area contributed by atoms with Crippen LogP contribution < -0.4 is 19.5 Å². The predicted molar refractivity (Wildman–Crippen MR) is 81.7 cm³/mol. The van der Waals surface area contributed by atoms with Gasteiger partial charge in [0.1, 0.15) is 18.5 Å². The van der Waals surface area contributed by atoms with Crippen molar-refractivity contribution in [2.24, 2.45) is 0 Å². The Morgan fingerprint density at radius 2 is 2.05 bits per heavy atom. The lowest BCUT2D eigenvalue weighted by molar-refractivity contribution is 0.0789. The quantitative estimate of drug-likeness (QED) is 0.941. The highest BCUT2D eigenvalue weighted by Gasteiger charge is 2.21. The van der Waals surface area contributed by atoms with E-state index >= 15 is 0 Å². The molecule has 0 fully saturated rings. The van der Waals surface area contributed by atoms with Crippen LogP contribution in [0.25, 0.3) is 0 Å². The van der Waals surface area contributed by atoms with Gasteiger partial charge < -0.3 is 19.5 Å². The van der Waals surface area contributed by atoms with Gasteiger partial charge in [0.2, 0.25) is 0 Å². The van der Waals surface area contributed by atoms with Crippen molar-refractivity contribution in [2.45, 2.75) is 6.10 Å². The van der Waals surface area contributed by atoms with Crippen LogP contribution in [-0.2, 0) is 0 Å². The van der Waals surface area contributed by atoms with E-state index in [1.807, 2.05) is 24.3 Å². The summed E-state index contributed by atoms with van der Waals surface area (Å²) in [7, 11) is 1.57. The van der Waals surface area contributed by atoms with E-state index in [0.717, 1.165) is 5.75 Å². The first-order valence-electron chi connectivity index (χ1n) is 7.07. The molecule has 1 aliphatic rings. The predicted octanol–water partition coefficient (Wildman–Crippen LogP) is 2.27. The topological polar surface area (TPSA) is 56.8 Å². The third kappa shape index (κ3) is 3.14. The fourth-order valence-electron chi connectivity index (χ4n) is 2.24. The van der Waals surface area contributed by atoms with Gasteiger partial charge in [-0.15, -0.1) is 0 Å². The average Bonchev–Trinajstić information content (AvgIpc) is 2.59. The standard InChI is InChI=1S/C17H17NO4/c1-20-13-6-4-5-12(9-13)17(19)18-10-14-11-21-15-7-2-3-8-16(15)22-14/h2-9,14H,10-11H2,1H3,(H,18,19)/t14-/m0/s1. The molecule has 0 bridgehead atoms. The first-order chi connectivity index (χ1) is 10.8. The molecule has 0 saturated carbocycles. The minimum atomic E-state index is -0.204. The zero-order valence-corrected chi connectivity index (χ0v) is 12.2. The maximum Gasteiger partial charge on any atom is 0.251 e. The van der Waals surface area contributed by atoms with E-state index < -0.39 is 0 Å². The van der Waals surface area contributed by atoms with Crippen LogP contribution in [0.15, 0.2) is 48.5 Å². The zero-order valence-electron chi connectivity index (χ0n) is 12.2. The molecule has 5 nitrogen and oxygen atoms in total. The van der Waals surface area contributed by atoms with Gasteiger partial charge in [0, 0.05) is 5.56 Å². The normalized spacial score (nSPS) is 16.0. The molecule has 114 valence electrons. The molecule has 22 heavy (non-hydrogen) atoms. The molecule has 0 saturated heterocycles. The molecule has 0 radical (unpaired) electrons. The van der Waals surface area contributed by atoms with Gasteiger partial charge >= 0.3 is 0 Å². The Kier molecular flexibility index (Phi) is 4.14. The van der Waals surface area contributed by atoms with Crippen LogP contribution in [0.5, 0.6) is 17.2 Å². The molecule has 1 atom stereocenters. The number of rotatable bonds is 4. The van der Waals surface area contributed by atoms with Crippen molar-refractivity contribution < 1.29 is 19.0 Å². The lowest BCUT2D eigenvalue weighted by Crippen LogP contribution is -2.40. The molecular weight excluding hydrogens is 282 g/mol. The molecule has 1 amide bonds. The van der Waals surface area contributed by atoms with Gasteiger partial charge in [0.05, 0.1) is 13.7 Å². The smallest absolute Gasteiger partial charge is 0.251 e. The summed E-state index contributed by atoms with van der Waals surface area (Å²) in [6.07, 6.45) is -0.204. The molecular formula is C17H17NO4. The van der Waals surface area contributed by atoms with Gasteiger partial charge in [-0.25, -0.2) is 0 Å². The van der Waals surface area contributed by atoms with Crippen LogP contribution >= 0.6 is 0 Å². The van der Waals surface area contributed by atoms with Crippen molar-refractivity contribution in [1.82, 2.24) is 5.32 Å². The Morgan fingerprint density at radius 3 is 2.86 bits per heavy atom. The number of carbonyl (C=O) groups is 1. The number of nitrogens with one attached hydrogen (secondary N) is 1. The Balaban J connectivity index is 1.58. The molecule has 1 aliphatic heterocycles. The second-order valence-electron chi connectivity index (χ2n) is 4.94. The molecule has 2 aromatic rings. The first kappa shape index (κ1) is 14.3. The Bertz CT molecular complexity index is 671.